The Kier molecular flexibility index (Phi) is 5.11. The third kappa shape index (κ3) is 3.41. The van der Waals surface area contributed by atoms with Gasteiger partial charge in [0.25, 0.3) is 0 Å². The minimum atomic E-state index is 0.153. The molecule has 0 radical (unpaired) electrons. The van der Waals surface area contributed by atoms with Gasteiger partial charge < -0.3 is 24.3 Å². The molecule has 1 N–H and O–H groups in total. The predicted octanol–water partition coefficient (Wildman–Crippen LogP) is 3.33. The molecule has 0 spiro atoms. The molecule has 0 bridgehead atoms. The lowest BCUT2D eigenvalue weighted by Gasteiger charge is -2.22. The molecule has 0 aromatic heterocycles. The smallest absolute Gasteiger partial charge is 0.203 e. The van der Waals surface area contributed by atoms with E-state index in [0.29, 0.717) is 31.3 Å². The summed E-state index contributed by atoms with van der Waals surface area (Å²) in [6.07, 6.45) is 0. The predicted molar refractivity (Wildman–Crippen MR) is 92.2 cm³/mol. The Balaban J connectivity index is 1.74. The number of fused-ring (bicyclic) bond motifs is 1. The van der Waals surface area contributed by atoms with Crippen molar-refractivity contribution in [1.29, 1.82) is 0 Å². The Labute approximate surface area is 142 Å². The van der Waals surface area contributed by atoms with Gasteiger partial charge in [0.05, 0.1) is 14.2 Å². The maximum absolute atomic E-state index is 5.68. The largest absolute Gasteiger partial charge is 0.496 e. The van der Waals surface area contributed by atoms with Crippen molar-refractivity contribution < 1.29 is 18.9 Å². The van der Waals surface area contributed by atoms with Gasteiger partial charge in [-0.1, -0.05) is 18.2 Å². The van der Waals surface area contributed by atoms with E-state index >= 15 is 0 Å². The Hall–Kier alpha value is -2.40. The minimum Gasteiger partial charge on any atom is -0.496 e. The van der Waals surface area contributed by atoms with Crippen molar-refractivity contribution in [3.63, 3.8) is 0 Å². The first-order valence-electron chi connectivity index (χ1n) is 8.05. The summed E-state index contributed by atoms with van der Waals surface area (Å²) < 4.78 is 22.2. The topological polar surface area (TPSA) is 49.0 Å². The summed E-state index contributed by atoms with van der Waals surface area (Å²) in [5.74, 6) is 3.01. The highest BCUT2D eigenvalue weighted by atomic mass is 16.6. The number of hydrogen-bond donors (Lipinski definition) is 1. The Morgan fingerprint density at radius 1 is 1.04 bits per heavy atom. The number of benzene rings is 2. The van der Waals surface area contributed by atoms with E-state index in [1.807, 2.05) is 30.3 Å². The van der Waals surface area contributed by atoms with Crippen molar-refractivity contribution in [2.24, 2.45) is 0 Å². The molecule has 0 saturated carbocycles. The second kappa shape index (κ2) is 7.45. The number of methoxy groups -OCH3 is 2. The summed E-state index contributed by atoms with van der Waals surface area (Å²) in [5.41, 5.74) is 2.21. The van der Waals surface area contributed by atoms with Crippen LogP contribution in [-0.2, 0) is 6.54 Å². The highest BCUT2D eigenvalue weighted by Crippen LogP contribution is 2.40. The van der Waals surface area contributed by atoms with Crippen LogP contribution in [0.25, 0.3) is 0 Å². The minimum absolute atomic E-state index is 0.153. The molecule has 0 amide bonds. The number of ether oxygens (including phenoxy) is 4. The van der Waals surface area contributed by atoms with E-state index in [2.05, 4.69) is 18.3 Å². The second-order valence-electron chi connectivity index (χ2n) is 5.67. The van der Waals surface area contributed by atoms with E-state index < -0.39 is 0 Å². The van der Waals surface area contributed by atoms with Crippen LogP contribution in [0, 0.1) is 0 Å². The van der Waals surface area contributed by atoms with Crippen LogP contribution in [0.5, 0.6) is 23.0 Å². The van der Waals surface area contributed by atoms with Crippen molar-refractivity contribution in [2.75, 3.05) is 27.4 Å². The molecule has 0 aliphatic carbocycles. The molecule has 1 aliphatic rings. The van der Waals surface area contributed by atoms with E-state index in [0.717, 1.165) is 22.6 Å². The SMILES string of the molecule is COc1ccccc1[C@@H](C)NCc1cc(OC)c2c(c1)OCCO2. The van der Waals surface area contributed by atoms with Gasteiger partial charge in [0.1, 0.15) is 19.0 Å². The zero-order valence-electron chi connectivity index (χ0n) is 14.3. The van der Waals surface area contributed by atoms with Crippen LogP contribution in [0.4, 0.5) is 0 Å². The van der Waals surface area contributed by atoms with Gasteiger partial charge in [-0.25, -0.2) is 0 Å². The third-order valence-electron chi connectivity index (χ3n) is 4.11. The molecule has 2 aromatic rings. The molecule has 0 fully saturated rings. The van der Waals surface area contributed by atoms with Gasteiger partial charge >= 0.3 is 0 Å². The average molecular weight is 329 g/mol. The molecule has 0 unspecified atom stereocenters. The summed E-state index contributed by atoms with van der Waals surface area (Å²) >= 11 is 0. The van der Waals surface area contributed by atoms with Crippen molar-refractivity contribution in [2.45, 2.75) is 19.5 Å². The van der Waals surface area contributed by atoms with Crippen LogP contribution in [0.3, 0.4) is 0 Å². The Morgan fingerprint density at radius 2 is 1.79 bits per heavy atom. The number of hydrogen-bond acceptors (Lipinski definition) is 5. The first-order chi connectivity index (χ1) is 11.7. The standard InChI is InChI=1S/C19H23NO4/c1-13(15-6-4-5-7-16(15)21-2)20-12-14-10-17(22-3)19-18(11-14)23-8-9-24-19/h4-7,10-11,13,20H,8-9,12H2,1-3H3/t13-/m1/s1. The van der Waals surface area contributed by atoms with E-state index in [-0.39, 0.29) is 6.04 Å². The van der Waals surface area contributed by atoms with Gasteiger partial charge in [0, 0.05) is 18.2 Å². The summed E-state index contributed by atoms with van der Waals surface area (Å²) in [7, 11) is 3.33. The maximum atomic E-state index is 5.68. The molecule has 1 aliphatic heterocycles. The average Bonchev–Trinajstić information content (AvgIpc) is 2.65. The van der Waals surface area contributed by atoms with Gasteiger partial charge in [-0.2, -0.15) is 0 Å². The van der Waals surface area contributed by atoms with Gasteiger partial charge in [0.15, 0.2) is 11.5 Å². The van der Waals surface area contributed by atoms with Crippen LogP contribution >= 0.6 is 0 Å². The van der Waals surface area contributed by atoms with Crippen LogP contribution in [0.1, 0.15) is 24.1 Å². The van der Waals surface area contributed by atoms with E-state index in [1.165, 1.54) is 0 Å². The van der Waals surface area contributed by atoms with Crippen molar-refractivity contribution in [3.05, 3.63) is 47.5 Å². The molecule has 128 valence electrons. The molecule has 2 aromatic carbocycles. The Morgan fingerprint density at radius 3 is 2.58 bits per heavy atom. The summed E-state index contributed by atoms with van der Waals surface area (Å²) in [6, 6.07) is 12.2. The Bertz CT molecular complexity index is 685. The molecule has 0 saturated heterocycles. The molecular weight excluding hydrogens is 306 g/mol. The third-order valence-corrected chi connectivity index (χ3v) is 4.11. The fraction of sp³-hybridized carbons (Fsp3) is 0.368. The fourth-order valence-corrected chi connectivity index (χ4v) is 2.83. The molecule has 24 heavy (non-hydrogen) atoms. The highest BCUT2D eigenvalue weighted by molar-refractivity contribution is 5.54. The first kappa shape index (κ1) is 16.5. The first-order valence-corrected chi connectivity index (χ1v) is 8.05. The lowest BCUT2D eigenvalue weighted by Crippen LogP contribution is -2.20. The van der Waals surface area contributed by atoms with E-state index in [1.54, 1.807) is 14.2 Å². The molecule has 1 atom stereocenters. The highest BCUT2D eigenvalue weighted by Gasteiger charge is 2.19. The summed E-state index contributed by atoms with van der Waals surface area (Å²) in [6.45, 7) is 3.91. The summed E-state index contributed by atoms with van der Waals surface area (Å²) in [5, 5.41) is 3.52. The van der Waals surface area contributed by atoms with Gasteiger partial charge in [-0.05, 0) is 30.7 Å². The lowest BCUT2D eigenvalue weighted by atomic mass is 10.1. The number of nitrogens with one attached hydrogen (secondary N) is 1. The zero-order chi connectivity index (χ0) is 16.9. The van der Waals surface area contributed by atoms with Gasteiger partial charge in [-0.3, -0.25) is 0 Å². The molecule has 3 rings (SSSR count). The molecule has 5 heteroatoms. The summed E-state index contributed by atoms with van der Waals surface area (Å²) in [4.78, 5) is 0. The lowest BCUT2D eigenvalue weighted by molar-refractivity contribution is 0.165. The van der Waals surface area contributed by atoms with Crippen LogP contribution in [-0.4, -0.2) is 27.4 Å². The van der Waals surface area contributed by atoms with Crippen LogP contribution < -0.4 is 24.3 Å². The normalized spacial score (nSPS) is 14.1. The van der Waals surface area contributed by atoms with E-state index in [4.69, 9.17) is 18.9 Å². The fourth-order valence-electron chi connectivity index (χ4n) is 2.83. The van der Waals surface area contributed by atoms with Crippen molar-refractivity contribution in [1.82, 2.24) is 5.32 Å². The van der Waals surface area contributed by atoms with Crippen LogP contribution in [0.15, 0.2) is 36.4 Å². The van der Waals surface area contributed by atoms with Gasteiger partial charge in [0.2, 0.25) is 5.75 Å². The van der Waals surface area contributed by atoms with E-state index in [9.17, 15) is 0 Å². The number of para-hydroxylation sites is 1. The zero-order valence-corrected chi connectivity index (χ0v) is 14.3. The molecular formula is C19H23NO4. The number of rotatable bonds is 6. The second-order valence-corrected chi connectivity index (χ2v) is 5.67. The molecule has 1 heterocycles. The van der Waals surface area contributed by atoms with Crippen molar-refractivity contribution in [3.8, 4) is 23.0 Å². The maximum Gasteiger partial charge on any atom is 0.203 e. The van der Waals surface area contributed by atoms with Gasteiger partial charge in [-0.15, -0.1) is 0 Å². The quantitative estimate of drug-likeness (QED) is 0.881. The molecule has 5 nitrogen and oxygen atoms in total. The van der Waals surface area contributed by atoms with Crippen LogP contribution in [0.2, 0.25) is 0 Å². The van der Waals surface area contributed by atoms with Crippen molar-refractivity contribution >= 4 is 0 Å². The monoisotopic (exact) mass is 329 g/mol.